The fourth-order valence-corrected chi connectivity index (χ4v) is 16.4. The minimum Gasteiger partial charge on any atom is -0.444 e. The third-order valence-corrected chi connectivity index (χ3v) is 26.6. The largest absolute Gasteiger partial charge is 0.495 e. The van der Waals surface area contributed by atoms with E-state index in [-0.39, 0.29) is 114 Å². The van der Waals surface area contributed by atoms with E-state index < -0.39 is 100 Å². The number of halogens is 7. The zero-order valence-corrected chi connectivity index (χ0v) is 77.5. The SMILES string of the molecule is CCS(=O)(=O)Cc1ccc(C(=O)c2cc(C)c(F)cc2Cl)c(-c2cn(C)c(=O)cc2CNC(=O)OC(C)(C)C)c1.CCS(=O)(=O)Cc1ccc(C(=O)c2cc(C)c(F)cc2Cl)c(B2OC(C)(C)C(C)(C)O2)c1.CCS(=O)(=O)Cc1ccc2c(c1)-c1cn(C)c(=O)cc1CN=C2c1cc(C)c(F)cc1Cl.Cn1cc(Br)c(CNC(=O)OC(C)(C)C)cc1=O. The van der Waals surface area contributed by atoms with Gasteiger partial charge in [-0.2, -0.15) is 0 Å². The minimum atomic E-state index is -3.41. The number of nitrogens with zero attached hydrogens (tertiary/aromatic N) is 4. The van der Waals surface area contributed by atoms with E-state index in [0.29, 0.717) is 66.8 Å². The van der Waals surface area contributed by atoms with Crippen molar-refractivity contribution >= 4 is 122 Å². The Bertz CT molecular complexity index is 6190. The lowest BCUT2D eigenvalue weighted by Crippen LogP contribution is -2.41. The highest BCUT2D eigenvalue weighted by molar-refractivity contribution is 9.10. The van der Waals surface area contributed by atoms with Crippen LogP contribution in [0.1, 0.15) is 183 Å². The van der Waals surface area contributed by atoms with Crippen LogP contribution in [-0.2, 0) is 106 Å². The second kappa shape index (κ2) is 39.3. The summed E-state index contributed by atoms with van der Waals surface area (Å²) in [5.74, 6) is -2.94. The van der Waals surface area contributed by atoms with Gasteiger partial charge in [0.1, 0.15) is 28.7 Å². The van der Waals surface area contributed by atoms with E-state index in [2.05, 4.69) is 26.6 Å². The standard InChI is InChI=1S/C29H32ClFN2O6S.C24H22ClFN2O3S.C23H27BClFO5S.C12H17BrN2O3/c1-7-40(37,38)16-18-8-9-20(27(35)22-10-17(2)25(31)13-24(22)30)21(11-18)23-15-33(6)26(34)12-19(23)14-32-28(36)39-29(3,4)5;1-4-32(30,31)13-15-5-6-17-18(8-15)20-12-28(3)23(29)9-16(20)11-27-24(17)19-7-14(2)22(26)10-21(19)25;1-7-32(28,29)13-15-8-9-16(21(27)17-10-14(2)20(26)12-19(17)25)18(11-15)24-30-22(3,4)23(5,6)31-24;1-12(2,3)18-11(17)14-6-8-5-10(16)15(4)7-9(8)13/h8-13,15H,7,14,16H2,1-6H3,(H,32,36);5-10,12H,4,11,13H2,1-3H3;8-12H,7,13H2,1-6H3;5,7H,6H2,1-4H3,(H,14,17). The molecule has 34 heteroatoms. The predicted molar refractivity (Wildman–Crippen MR) is 476 cm³/mol. The molecule has 5 heterocycles. The Morgan fingerprint density at radius 2 is 0.885 bits per heavy atom. The molecule has 0 bridgehead atoms. The molecule has 1 fully saturated rings. The zero-order valence-electron chi connectivity index (χ0n) is 71.2. The lowest BCUT2D eigenvalue weighted by atomic mass is 9.73. The number of ether oxygens (including phenoxy) is 2. The highest BCUT2D eigenvalue weighted by Gasteiger charge is 2.53. The van der Waals surface area contributed by atoms with Gasteiger partial charge in [-0.1, -0.05) is 98.0 Å². The van der Waals surface area contributed by atoms with Gasteiger partial charge >= 0.3 is 19.3 Å². The monoisotopic (exact) mass is 1860 g/mol. The summed E-state index contributed by atoms with van der Waals surface area (Å²) < 4.78 is 143. The first kappa shape index (κ1) is 98.1. The molecule has 122 heavy (non-hydrogen) atoms. The predicted octanol–water partition coefficient (Wildman–Crippen LogP) is 16.2. The van der Waals surface area contributed by atoms with Crippen LogP contribution in [0.4, 0.5) is 22.8 Å². The van der Waals surface area contributed by atoms with E-state index in [1.807, 2.05) is 39.8 Å². The molecule has 11 rings (SSSR count). The molecule has 23 nitrogen and oxygen atoms in total. The summed E-state index contributed by atoms with van der Waals surface area (Å²) in [4.78, 5) is 92.1. The van der Waals surface area contributed by atoms with Gasteiger partial charge in [0.2, 0.25) is 0 Å². The summed E-state index contributed by atoms with van der Waals surface area (Å²) in [7, 11) is -5.96. The number of carbonyl (C=O) groups excluding carboxylic acids is 4. The summed E-state index contributed by atoms with van der Waals surface area (Å²) in [5, 5.41) is 5.38. The lowest BCUT2D eigenvalue weighted by molar-refractivity contribution is 0.00578. The Morgan fingerprint density at radius 1 is 0.492 bits per heavy atom. The van der Waals surface area contributed by atoms with Crippen LogP contribution in [0.2, 0.25) is 15.1 Å². The number of nitrogens with one attached hydrogen (secondary N) is 2. The molecule has 652 valence electrons. The number of carbonyl (C=O) groups is 4. The maximum atomic E-state index is 14.1. The number of amides is 2. The van der Waals surface area contributed by atoms with Gasteiger partial charge in [-0.3, -0.25) is 29.0 Å². The van der Waals surface area contributed by atoms with Crippen molar-refractivity contribution in [3.8, 4) is 22.3 Å². The smallest absolute Gasteiger partial charge is 0.444 e. The molecule has 1 saturated heterocycles. The van der Waals surface area contributed by atoms with Crippen LogP contribution in [0.15, 0.2) is 152 Å². The Hall–Kier alpha value is -9.31. The number of hydrogen-bond donors (Lipinski definition) is 2. The third-order valence-electron chi connectivity index (χ3n) is 20.0. The summed E-state index contributed by atoms with van der Waals surface area (Å²) in [6.07, 6.45) is 3.71. The first-order chi connectivity index (χ1) is 56.5. The third kappa shape index (κ3) is 25.2. The van der Waals surface area contributed by atoms with Crippen LogP contribution < -0.4 is 32.8 Å². The topological polar surface area (TPSA) is 310 Å². The van der Waals surface area contributed by atoms with Gasteiger partial charge in [-0.05, 0) is 221 Å². The first-order valence-corrected chi connectivity index (χ1v) is 45.9. The quantitative estimate of drug-likeness (QED) is 0.0529. The van der Waals surface area contributed by atoms with Crippen molar-refractivity contribution in [2.24, 2.45) is 26.1 Å². The molecule has 0 radical (unpaired) electrons. The molecule has 0 unspecified atom stereocenters. The molecular weight excluding hydrogens is 1760 g/mol. The van der Waals surface area contributed by atoms with Crippen molar-refractivity contribution < 1.29 is 76.4 Å². The Kier molecular flexibility index (Phi) is 31.6. The number of aliphatic imine (C=N–C) groups is 1. The van der Waals surface area contributed by atoms with Crippen molar-refractivity contribution in [2.75, 3.05) is 17.3 Å². The Balaban J connectivity index is 0.000000208. The van der Waals surface area contributed by atoms with Gasteiger partial charge in [0.05, 0.1) is 55.8 Å². The van der Waals surface area contributed by atoms with Gasteiger partial charge in [0.15, 0.2) is 41.1 Å². The summed E-state index contributed by atoms with van der Waals surface area (Å²) >= 11 is 22.2. The fourth-order valence-electron chi connectivity index (χ4n) is 12.5. The molecule has 0 aliphatic carbocycles. The van der Waals surface area contributed by atoms with Crippen LogP contribution >= 0.6 is 50.7 Å². The molecule has 6 aromatic carbocycles. The van der Waals surface area contributed by atoms with Crippen LogP contribution in [0, 0.1) is 38.2 Å². The average Bonchev–Trinajstić information content (AvgIpc) is 1.59. The Labute approximate surface area is 732 Å². The number of alkyl carbamates (subject to hydrolysis) is 2. The van der Waals surface area contributed by atoms with Crippen molar-refractivity contribution in [2.45, 2.75) is 170 Å². The molecule has 2 aliphatic rings. The molecule has 2 N–H and O–H groups in total. The summed E-state index contributed by atoms with van der Waals surface area (Å²) in [6, 6.07) is 27.0. The van der Waals surface area contributed by atoms with Crippen LogP contribution in [0.25, 0.3) is 22.3 Å². The van der Waals surface area contributed by atoms with Crippen LogP contribution in [0.5, 0.6) is 0 Å². The highest BCUT2D eigenvalue weighted by Crippen LogP contribution is 2.40. The number of aromatic nitrogens is 3. The average molecular weight is 1860 g/mol. The summed E-state index contributed by atoms with van der Waals surface area (Å²) in [5.41, 5.74) is 6.35. The number of sulfone groups is 3. The number of ketones is 2. The molecule has 0 spiro atoms. The lowest BCUT2D eigenvalue weighted by Gasteiger charge is -2.32. The zero-order chi connectivity index (χ0) is 91.2. The van der Waals surface area contributed by atoms with E-state index in [0.717, 1.165) is 38.9 Å². The molecule has 3 aromatic heterocycles. The summed E-state index contributed by atoms with van der Waals surface area (Å²) in [6.45, 7) is 27.9. The number of aryl methyl sites for hydroxylation is 6. The van der Waals surface area contributed by atoms with Crippen molar-refractivity contribution in [1.29, 1.82) is 0 Å². The Morgan fingerprint density at radius 3 is 1.36 bits per heavy atom. The minimum absolute atomic E-state index is 0.00394. The van der Waals surface area contributed by atoms with Gasteiger partial charge in [0, 0.05) is 137 Å². The molecule has 2 aliphatic heterocycles. The second-order valence-electron chi connectivity index (χ2n) is 32.5. The molecule has 9 aromatic rings. The van der Waals surface area contributed by atoms with Crippen molar-refractivity contribution in [1.82, 2.24) is 24.3 Å². The fraction of sp³-hybridized carbons (Fsp3) is 0.364. The molecular formula is C88H98BBrCl3F3N6O17S3. The number of rotatable bonds is 20. The maximum Gasteiger partial charge on any atom is 0.495 e. The van der Waals surface area contributed by atoms with Gasteiger partial charge in [-0.15, -0.1) is 0 Å². The van der Waals surface area contributed by atoms with E-state index >= 15 is 0 Å². The number of hydrogen-bond acceptors (Lipinski definition) is 18. The maximum absolute atomic E-state index is 14.1. The molecule has 2 amide bonds. The van der Waals surface area contributed by atoms with E-state index in [9.17, 15) is 72.0 Å². The number of benzene rings is 6. The van der Waals surface area contributed by atoms with E-state index in [1.165, 1.54) is 76.3 Å². The van der Waals surface area contributed by atoms with Gasteiger partial charge in [0.25, 0.3) is 16.7 Å². The second-order valence-corrected chi connectivity index (χ2v) is 41.6. The number of fused-ring (bicyclic) bond motifs is 3. The van der Waals surface area contributed by atoms with E-state index in [4.69, 9.17) is 58.6 Å². The van der Waals surface area contributed by atoms with Crippen LogP contribution in [-0.4, -0.2) is 115 Å². The molecule has 0 saturated carbocycles. The number of pyridine rings is 3. The highest BCUT2D eigenvalue weighted by atomic mass is 79.9. The van der Waals surface area contributed by atoms with Crippen LogP contribution in [0.3, 0.4) is 0 Å². The van der Waals surface area contributed by atoms with Gasteiger partial charge < -0.3 is 43.1 Å². The van der Waals surface area contributed by atoms with Crippen molar-refractivity contribution in [3.63, 3.8) is 0 Å². The van der Waals surface area contributed by atoms with E-state index in [1.54, 1.807) is 145 Å². The van der Waals surface area contributed by atoms with Gasteiger partial charge in [-0.25, -0.2) is 48.0 Å². The molecule has 0 atom stereocenters. The first-order valence-electron chi connectivity index (χ1n) is 38.5. The van der Waals surface area contributed by atoms with Crippen molar-refractivity contribution in [3.05, 3.63) is 279 Å². The normalized spacial score (nSPS) is 13.6.